The third-order valence-electron chi connectivity index (χ3n) is 4.87. The Morgan fingerprint density at radius 1 is 1.07 bits per heavy atom. The molecular formula is C23H27N3O3S. The Morgan fingerprint density at radius 3 is 2.50 bits per heavy atom. The molecule has 0 atom stereocenters. The van der Waals surface area contributed by atoms with Crippen molar-refractivity contribution in [3.63, 3.8) is 0 Å². The number of amides is 2. The van der Waals surface area contributed by atoms with Crippen LogP contribution in [0.15, 0.2) is 48.5 Å². The normalized spacial score (nSPS) is 13.0. The van der Waals surface area contributed by atoms with Crippen LogP contribution in [0.1, 0.15) is 53.3 Å². The smallest absolute Gasteiger partial charge is 0.257 e. The van der Waals surface area contributed by atoms with Gasteiger partial charge in [-0.05, 0) is 73.9 Å². The van der Waals surface area contributed by atoms with E-state index in [1.165, 1.54) is 0 Å². The van der Waals surface area contributed by atoms with Crippen molar-refractivity contribution in [2.75, 3.05) is 25.0 Å². The van der Waals surface area contributed by atoms with Crippen LogP contribution in [0.2, 0.25) is 0 Å². The third-order valence-corrected chi connectivity index (χ3v) is 5.07. The number of rotatable bonds is 7. The number of carbonyl (C=O) groups excluding carboxylic acids is 2. The van der Waals surface area contributed by atoms with Gasteiger partial charge in [0.25, 0.3) is 11.8 Å². The van der Waals surface area contributed by atoms with Crippen molar-refractivity contribution in [2.24, 2.45) is 0 Å². The molecule has 6 nitrogen and oxygen atoms in total. The van der Waals surface area contributed by atoms with Gasteiger partial charge < -0.3 is 15.0 Å². The van der Waals surface area contributed by atoms with Gasteiger partial charge in [0, 0.05) is 29.9 Å². The summed E-state index contributed by atoms with van der Waals surface area (Å²) in [5.74, 6) is 0.449. The maximum atomic E-state index is 12.5. The maximum Gasteiger partial charge on any atom is 0.257 e. The number of unbranched alkanes of at least 4 members (excludes halogenated alkanes) is 1. The van der Waals surface area contributed by atoms with Crippen LogP contribution in [0, 0.1) is 0 Å². The number of hydrogen-bond acceptors (Lipinski definition) is 4. The zero-order chi connectivity index (χ0) is 21.3. The lowest BCUT2D eigenvalue weighted by molar-refractivity contribution is 0.0792. The molecule has 3 rings (SSSR count). The molecule has 0 aromatic heterocycles. The largest absolute Gasteiger partial charge is 0.494 e. The first-order valence-electron chi connectivity index (χ1n) is 10.3. The van der Waals surface area contributed by atoms with Gasteiger partial charge >= 0.3 is 0 Å². The number of nitrogens with zero attached hydrogens (tertiary/aromatic N) is 1. The van der Waals surface area contributed by atoms with Crippen LogP contribution < -0.4 is 15.4 Å². The molecule has 2 N–H and O–H groups in total. The summed E-state index contributed by atoms with van der Waals surface area (Å²) in [6.07, 6.45) is 4.16. The van der Waals surface area contributed by atoms with Gasteiger partial charge in [-0.15, -0.1) is 0 Å². The lowest BCUT2D eigenvalue weighted by Crippen LogP contribution is -2.34. The molecule has 1 saturated heterocycles. The minimum atomic E-state index is -0.308. The van der Waals surface area contributed by atoms with Crippen molar-refractivity contribution in [1.82, 2.24) is 10.2 Å². The highest BCUT2D eigenvalue weighted by atomic mass is 32.1. The summed E-state index contributed by atoms with van der Waals surface area (Å²) in [5.41, 5.74) is 1.75. The van der Waals surface area contributed by atoms with E-state index < -0.39 is 0 Å². The Hall–Kier alpha value is -2.93. The van der Waals surface area contributed by atoms with E-state index in [9.17, 15) is 9.59 Å². The summed E-state index contributed by atoms with van der Waals surface area (Å²) in [5, 5.41) is 5.82. The fraction of sp³-hybridized carbons (Fsp3) is 0.348. The zero-order valence-corrected chi connectivity index (χ0v) is 18.0. The first kappa shape index (κ1) is 21.8. The highest BCUT2D eigenvalue weighted by Gasteiger charge is 2.19. The molecule has 2 amide bonds. The van der Waals surface area contributed by atoms with Gasteiger partial charge in [-0.25, -0.2) is 0 Å². The second kappa shape index (κ2) is 10.7. The minimum Gasteiger partial charge on any atom is -0.494 e. The van der Waals surface area contributed by atoms with E-state index in [0.29, 0.717) is 23.4 Å². The summed E-state index contributed by atoms with van der Waals surface area (Å²) in [7, 11) is 0. The van der Waals surface area contributed by atoms with Gasteiger partial charge in [-0.2, -0.15) is 0 Å². The van der Waals surface area contributed by atoms with Crippen LogP contribution >= 0.6 is 12.2 Å². The molecule has 0 unspecified atom stereocenters. The number of likely N-dealkylation sites (tertiary alicyclic amines) is 1. The van der Waals surface area contributed by atoms with Crippen molar-refractivity contribution in [1.29, 1.82) is 0 Å². The molecule has 0 aliphatic carbocycles. The SMILES string of the molecule is CCCCOc1ccc(C(=O)NC(=S)Nc2cccc(C(=O)N3CCCC3)c2)cc1. The summed E-state index contributed by atoms with van der Waals surface area (Å²) in [6.45, 7) is 4.37. The second-order valence-corrected chi connectivity index (χ2v) is 7.62. The molecule has 30 heavy (non-hydrogen) atoms. The van der Waals surface area contributed by atoms with Crippen molar-refractivity contribution < 1.29 is 14.3 Å². The number of thiocarbonyl (C=S) groups is 1. The van der Waals surface area contributed by atoms with Gasteiger partial charge in [0.1, 0.15) is 5.75 Å². The minimum absolute atomic E-state index is 0.0207. The Bertz CT molecular complexity index is 893. The number of anilines is 1. The van der Waals surface area contributed by atoms with E-state index in [0.717, 1.165) is 44.5 Å². The Morgan fingerprint density at radius 2 is 1.80 bits per heavy atom. The van der Waals surface area contributed by atoms with Crippen molar-refractivity contribution in [2.45, 2.75) is 32.6 Å². The Labute approximate surface area is 182 Å². The maximum absolute atomic E-state index is 12.5. The van der Waals surface area contributed by atoms with Gasteiger partial charge in [-0.1, -0.05) is 19.4 Å². The summed E-state index contributed by atoms with van der Waals surface area (Å²) < 4.78 is 5.61. The quantitative estimate of drug-likeness (QED) is 0.513. The van der Waals surface area contributed by atoms with Crippen molar-refractivity contribution >= 4 is 34.8 Å². The summed E-state index contributed by atoms with van der Waals surface area (Å²) in [6, 6.07) is 14.1. The van der Waals surface area contributed by atoms with Crippen LogP contribution in [0.5, 0.6) is 5.75 Å². The number of nitrogens with one attached hydrogen (secondary N) is 2. The van der Waals surface area contributed by atoms with Crippen LogP contribution in [0.25, 0.3) is 0 Å². The molecule has 2 aromatic carbocycles. The standard InChI is InChI=1S/C23H27N3O3S/c1-2-3-15-29-20-11-9-17(10-12-20)21(27)25-23(30)24-19-8-6-7-18(16-19)22(28)26-13-4-5-14-26/h6-12,16H,2-5,13-15H2,1H3,(H2,24,25,27,30). The number of benzene rings is 2. The van der Waals surface area contributed by atoms with E-state index >= 15 is 0 Å². The van der Waals surface area contributed by atoms with Gasteiger partial charge in [0.05, 0.1) is 6.61 Å². The first-order valence-corrected chi connectivity index (χ1v) is 10.7. The molecule has 1 fully saturated rings. The molecule has 0 radical (unpaired) electrons. The van der Waals surface area contributed by atoms with E-state index in [1.54, 1.807) is 42.5 Å². The van der Waals surface area contributed by atoms with Crippen molar-refractivity contribution in [3.05, 3.63) is 59.7 Å². The molecule has 1 heterocycles. The van der Waals surface area contributed by atoms with Gasteiger partial charge in [0.2, 0.25) is 0 Å². The van der Waals surface area contributed by atoms with Crippen LogP contribution in [-0.4, -0.2) is 41.5 Å². The molecular weight excluding hydrogens is 398 g/mol. The molecule has 0 spiro atoms. The molecule has 1 aliphatic rings. The number of ether oxygens (including phenoxy) is 1. The second-order valence-electron chi connectivity index (χ2n) is 7.21. The lowest BCUT2D eigenvalue weighted by Gasteiger charge is -2.16. The average Bonchev–Trinajstić information content (AvgIpc) is 3.29. The highest BCUT2D eigenvalue weighted by molar-refractivity contribution is 7.80. The van der Waals surface area contributed by atoms with E-state index in [-0.39, 0.29) is 16.9 Å². The topological polar surface area (TPSA) is 70.7 Å². The predicted molar refractivity (Wildman–Crippen MR) is 122 cm³/mol. The van der Waals surface area contributed by atoms with Gasteiger partial charge in [0.15, 0.2) is 5.11 Å². The monoisotopic (exact) mass is 425 g/mol. The molecule has 7 heteroatoms. The van der Waals surface area contributed by atoms with E-state index in [1.807, 2.05) is 11.0 Å². The van der Waals surface area contributed by atoms with Crippen LogP contribution in [0.3, 0.4) is 0 Å². The fourth-order valence-electron chi connectivity index (χ4n) is 3.21. The molecule has 0 bridgehead atoms. The zero-order valence-electron chi connectivity index (χ0n) is 17.1. The number of hydrogen-bond donors (Lipinski definition) is 2. The number of carbonyl (C=O) groups is 2. The first-order chi connectivity index (χ1) is 14.6. The molecule has 1 aliphatic heterocycles. The molecule has 0 saturated carbocycles. The Kier molecular flexibility index (Phi) is 7.79. The summed E-state index contributed by atoms with van der Waals surface area (Å²) >= 11 is 5.26. The van der Waals surface area contributed by atoms with Crippen molar-refractivity contribution in [3.8, 4) is 5.75 Å². The summed E-state index contributed by atoms with van der Waals surface area (Å²) in [4.78, 5) is 26.8. The third kappa shape index (κ3) is 6.03. The van der Waals surface area contributed by atoms with Crippen LogP contribution in [-0.2, 0) is 0 Å². The van der Waals surface area contributed by atoms with Crippen LogP contribution in [0.4, 0.5) is 5.69 Å². The molecule has 158 valence electrons. The van der Waals surface area contributed by atoms with E-state index in [4.69, 9.17) is 17.0 Å². The molecule has 2 aromatic rings. The lowest BCUT2D eigenvalue weighted by atomic mass is 10.2. The fourth-order valence-corrected chi connectivity index (χ4v) is 3.42. The Balaban J connectivity index is 1.54. The highest BCUT2D eigenvalue weighted by Crippen LogP contribution is 2.17. The van der Waals surface area contributed by atoms with Gasteiger partial charge in [-0.3, -0.25) is 14.9 Å². The predicted octanol–water partition coefficient (Wildman–Crippen LogP) is 4.23. The van der Waals surface area contributed by atoms with E-state index in [2.05, 4.69) is 17.6 Å². The average molecular weight is 426 g/mol.